The summed E-state index contributed by atoms with van der Waals surface area (Å²) in [6.07, 6.45) is 0.244. The molecule has 3 aliphatic rings. The Hall–Kier alpha value is -3.59. The topological polar surface area (TPSA) is 91.4 Å². The summed E-state index contributed by atoms with van der Waals surface area (Å²) in [6, 6.07) is 12.0. The fourth-order valence-electron chi connectivity index (χ4n) is 5.43. The highest BCUT2D eigenvalue weighted by atomic mass is 16.5. The Labute approximate surface area is 198 Å². The van der Waals surface area contributed by atoms with Crippen molar-refractivity contribution < 1.29 is 23.9 Å². The lowest BCUT2D eigenvalue weighted by Crippen LogP contribution is -2.74. The Kier molecular flexibility index (Phi) is 5.44. The van der Waals surface area contributed by atoms with Gasteiger partial charge in [0.05, 0.1) is 26.8 Å². The molecular formula is C25H28N4O5. The number of barbiturate groups is 1. The largest absolute Gasteiger partial charge is 0.497 e. The normalized spacial score (nSPS) is 24.6. The van der Waals surface area contributed by atoms with E-state index < -0.39 is 23.3 Å². The number of nitrogens with one attached hydrogen (secondary N) is 1. The smallest absolute Gasteiger partial charge is 0.331 e. The van der Waals surface area contributed by atoms with E-state index in [1.807, 2.05) is 31.3 Å². The maximum Gasteiger partial charge on any atom is 0.331 e. The third-order valence-corrected chi connectivity index (χ3v) is 7.17. The van der Waals surface area contributed by atoms with E-state index in [2.05, 4.69) is 15.1 Å². The van der Waals surface area contributed by atoms with Gasteiger partial charge in [-0.15, -0.1) is 0 Å². The molecule has 3 heterocycles. The van der Waals surface area contributed by atoms with Crippen LogP contribution in [-0.4, -0.2) is 74.6 Å². The van der Waals surface area contributed by atoms with Crippen LogP contribution in [0.4, 0.5) is 10.5 Å². The van der Waals surface area contributed by atoms with Gasteiger partial charge in [0.2, 0.25) is 11.8 Å². The van der Waals surface area contributed by atoms with Gasteiger partial charge in [0.1, 0.15) is 11.5 Å². The molecule has 0 radical (unpaired) electrons. The van der Waals surface area contributed by atoms with Crippen LogP contribution in [0.3, 0.4) is 0 Å². The third kappa shape index (κ3) is 3.38. The maximum absolute atomic E-state index is 14.1. The van der Waals surface area contributed by atoms with E-state index in [-0.39, 0.29) is 19.0 Å². The molecule has 0 bridgehead atoms. The summed E-state index contributed by atoms with van der Waals surface area (Å²) in [5.74, 6) is 0.109. The average molecular weight is 465 g/mol. The zero-order valence-corrected chi connectivity index (χ0v) is 19.5. The molecule has 2 aromatic rings. The quantitative estimate of drug-likeness (QED) is 0.688. The van der Waals surface area contributed by atoms with Crippen LogP contribution < -0.4 is 19.7 Å². The van der Waals surface area contributed by atoms with Gasteiger partial charge >= 0.3 is 6.03 Å². The minimum atomic E-state index is -1.40. The van der Waals surface area contributed by atoms with Crippen LogP contribution in [0.5, 0.6) is 11.5 Å². The predicted molar refractivity (Wildman–Crippen MR) is 125 cm³/mol. The summed E-state index contributed by atoms with van der Waals surface area (Å²) < 4.78 is 10.7. The van der Waals surface area contributed by atoms with Crippen LogP contribution in [0.25, 0.3) is 0 Å². The summed E-state index contributed by atoms with van der Waals surface area (Å²) >= 11 is 0. The lowest BCUT2D eigenvalue weighted by molar-refractivity contribution is -0.154. The molecule has 178 valence electrons. The zero-order valence-electron chi connectivity index (χ0n) is 19.5. The molecule has 0 aromatic heterocycles. The lowest BCUT2D eigenvalue weighted by atomic mass is 9.67. The Balaban J connectivity index is 1.57. The summed E-state index contributed by atoms with van der Waals surface area (Å²) in [5, 5.41) is 2.50. The van der Waals surface area contributed by atoms with Crippen LogP contribution >= 0.6 is 0 Å². The molecule has 2 atom stereocenters. The van der Waals surface area contributed by atoms with Gasteiger partial charge in [0, 0.05) is 31.4 Å². The van der Waals surface area contributed by atoms with Gasteiger partial charge in [-0.2, -0.15) is 0 Å². The molecular weight excluding hydrogens is 436 g/mol. The number of methoxy groups -OCH3 is 2. The molecule has 2 unspecified atom stereocenters. The molecule has 2 aromatic carbocycles. The highest BCUT2D eigenvalue weighted by Gasteiger charge is 2.62. The van der Waals surface area contributed by atoms with Crippen molar-refractivity contribution in [3.8, 4) is 11.5 Å². The summed E-state index contributed by atoms with van der Waals surface area (Å²) in [4.78, 5) is 46.0. The summed E-state index contributed by atoms with van der Waals surface area (Å²) in [6.45, 7) is 2.06. The number of piperazine rings is 1. The van der Waals surface area contributed by atoms with Crippen molar-refractivity contribution in [1.29, 1.82) is 0 Å². The first kappa shape index (κ1) is 22.2. The van der Waals surface area contributed by atoms with Gasteiger partial charge in [-0.25, -0.2) is 4.79 Å². The van der Waals surface area contributed by atoms with Crippen LogP contribution in [-0.2, 0) is 22.6 Å². The number of rotatable bonds is 4. The number of benzene rings is 2. The van der Waals surface area contributed by atoms with Gasteiger partial charge in [-0.1, -0.05) is 18.2 Å². The molecule has 9 heteroatoms. The van der Waals surface area contributed by atoms with Gasteiger partial charge in [0.15, 0.2) is 5.41 Å². The number of nitrogens with zero attached hydrogens (tertiary/aromatic N) is 3. The molecule has 2 fully saturated rings. The van der Waals surface area contributed by atoms with E-state index in [0.29, 0.717) is 30.2 Å². The minimum absolute atomic E-state index is 0.00252. The van der Waals surface area contributed by atoms with Crippen molar-refractivity contribution in [2.45, 2.75) is 19.0 Å². The van der Waals surface area contributed by atoms with E-state index in [0.717, 1.165) is 22.7 Å². The number of amides is 4. The highest BCUT2D eigenvalue weighted by Crippen LogP contribution is 2.45. The standard InChI is InChI=1S/C25H28N4O5/c1-27-8-9-28-20-7-5-4-6-17(20)13-25(21(28)15-27)22(30)26-24(32)29(23(25)31)14-16-10-18(33-2)12-19(11-16)34-3/h4-7,10-12,21H,8-9,13-15H2,1-3H3,(H,26,30,32). The average Bonchev–Trinajstić information content (AvgIpc) is 2.84. The molecule has 1 N–H and O–H groups in total. The molecule has 5 rings (SSSR count). The Morgan fingerprint density at radius 3 is 2.44 bits per heavy atom. The Morgan fingerprint density at radius 1 is 1.03 bits per heavy atom. The molecule has 9 nitrogen and oxygen atoms in total. The number of ether oxygens (including phenoxy) is 2. The second kappa shape index (κ2) is 8.32. The van der Waals surface area contributed by atoms with Crippen LogP contribution in [0.1, 0.15) is 11.1 Å². The number of fused-ring (bicyclic) bond motifs is 4. The van der Waals surface area contributed by atoms with Gasteiger partial charge < -0.3 is 19.3 Å². The summed E-state index contributed by atoms with van der Waals surface area (Å²) in [7, 11) is 5.07. The van der Waals surface area contributed by atoms with E-state index in [9.17, 15) is 14.4 Å². The summed E-state index contributed by atoms with van der Waals surface area (Å²) in [5.41, 5.74) is 1.25. The minimum Gasteiger partial charge on any atom is -0.497 e. The Morgan fingerprint density at radius 2 is 1.74 bits per heavy atom. The number of hydrogen-bond donors (Lipinski definition) is 1. The van der Waals surface area contributed by atoms with Gasteiger partial charge in [-0.05, 0) is 42.8 Å². The van der Waals surface area contributed by atoms with E-state index >= 15 is 0 Å². The van der Waals surface area contributed by atoms with Crippen LogP contribution in [0.2, 0.25) is 0 Å². The molecule has 2 saturated heterocycles. The number of carbonyl (C=O) groups is 3. The molecule has 4 amide bonds. The fourth-order valence-corrected chi connectivity index (χ4v) is 5.43. The molecule has 34 heavy (non-hydrogen) atoms. The highest BCUT2D eigenvalue weighted by molar-refractivity contribution is 6.20. The first-order chi connectivity index (χ1) is 16.4. The second-order valence-electron chi connectivity index (χ2n) is 9.12. The first-order valence-corrected chi connectivity index (χ1v) is 11.3. The van der Waals surface area contributed by atoms with E-state index in [1.54, 1.807) is 32.4 Å². The van der Waals surface area contributed by atoms with Gasteiger partial charge in [-0.3, -0.25) is 19.8 Å². The number of urea groups is 1. The molecule has 3 aliphatic heterocycles. The van der Waals surface area contributed by atoms with E-state index in [1.165, 1.54) is 0 Å². The number of anilines is 1. The predicted octanol–water partition coefficient (Wildman–Crippen LogP) is 1.65. The van der Waals surface area contributed by atoms with Crippen molar-refractivity contribution in [2.75, 3.05) is 45.8 Å². The number of likely N-dealkylation sites (N-methyl/N-ethyl adjacent to an activating group) is 1. The Bertz CT molecular complexity index is 1150. The van der Waals surface area contributed by atoms with Gasteiger partial charge in [0.25, 0.3) is 0 Å². The lowest BCUT2D eigenvalue weighted by Gasteiger charge is -2.55. The van der Waals surface area contributed by atoms with Crippen LogP contribution in [0.15, 0.2) is 42.5 Å². The van der Waals surface area contributed by atoms with E-state index in [4.69, 9.17) is 9.47 Å². The molecule has 0 aliphatic carbocycles. The van der Waals surface area contributed by atoms with Crippen LogP contribution in [0, 0.1) is 5.41 Å². The van der Waals surface area contributed by atoms with Crippen molar-refractivity contribution in [1.82, 2.24) is 15.1 Å². The van der Waals surface area contributed by atoms with Crippen molar-refractivity contribution in [3.05, 3.63) is 53.6 Å². The monoisotopic (exact) mass is 464 g/mol. The molecule has 0 saturated carbocycles. The van der Waals surface area contributed by atoms with Crippen molar-refractivity contribution in [3.63, 3.8) is 0 Å². The fraction of sp³-hybridized carbons (Fsp3) is 0.400. The van der Waals surface area contributed by atoms with Crippen molar-refractivity contribution in [2.24, 2.45) is 5.41 Å². The maximum atomic E-state index is 14.1. The SMILES string of the molecule is COc1cc(CN2C(=O)NC(=O)C3(Cc4ccccc4N4CCN(C)CC43)C2=O)cc(OC)c1. The number of imide groups is 2. The number of para-hydroxylation sites is 1. The number of carbonyl (C=O) groups excluding carboxylic acids is 3. The second-order valence-corrected chi connectivity index (χ2v) is 9.12. The first-order valence-electron chi connectivity index (χ1n) is 11.3. The van der Waals surface area contributed by atoms with Crippen molar-refractivity contribution >= 4 is 23.5 Å². The molecule has 1 spiro atoms. The zero-order chi connectivity index (χ0) is 24.0. The number of hydrogen-bond acceptors (Lipinski definition) is 7. The third-order valence-electron chi connectivity index (χ3n) is 7.17.